The highest BCUT2D eigenvalue weighted by atomic mass is 16.5. The predicted octanol–water partition coefficient (Wildman–Crippen LogP) is 2.02. The molecule has 2 heterocycles. The number of fused-ring (bicyclic) bond motifs is 1. The molecule has 1 aliphatic heterocycles. The van der Waals surface area contributed by atoms with Crippen LogP contribution in [0.15, 0.2) is 30.3 Å². The molecule has 0 radical (unpaired) electrons. The average Bonchev–Trinajstić information content (AvgIpc) is 3.09. The number of hydrogen-bond donors (Lipinski definition) is 2. The molecule has 1 atom stereocenters. The number of carbonyl (C=O) groups is 1. The quantitative estimate of drug-likeness (QED) is 0.902. The molecule has 0 unspecified atom stereocenters. The van der Waals surface area contributed by atoms with Crippen molar-refractivity contribution >= 4 is 5.91 Å². The van der Waals surface area contributed by atoms with E-state index in [9.17, 15) is 4.79 Å². The maximum Gasteiger partial charge on any atom is 0.271 e. The third kappa shape index (κ3) is 2.51. The Bertz CT molecular complexity index is 651. The molecule has 1 fully saturated rings. The summed E-state index contributed by atoms with van der Waals surface area (Å²) < 4.78 is 5.80. The van der Waals surface area contributed by atoms with Crippen molar-refractivity contribution in [3.05, 3.63) is 47.3 Å². The number of aromatic amines is 1. The van der Waals surface area contributed by atoms with Crippen LogP contribution in [-0.4, -0.2) is 28.8 Å². The Morgan fingerprint density at radius 3 is 3.05 bits per heavy atom. The van der Waals surface area contributed by atoms with Gasteiger partial charge in [-0.05, 0) is 30.5 Å². The van der Waals surface area contributed by atoms with Crippen molar-refractivity contribution in [1.29, 1.82) is 0 Å². The third-order valence-electron chi connectivity index (χ3n) is 4.05. The Morgan fingerprint density at radius 1 is 1.38 bits per heavy atom. The van der Waals surface area contributed by atoms with E-state index in [1.54, 1.807) is 0 Å². The van der Waals surface area contributed by atoms with Gasteiger partial charge in [0.15, 0.2) is 0 Å². The molecule has 108 valence electrons. The van der Waals surface area contributed by atoms with Gasteiger partial charge in [0, 0.05) is 18.0 Å². The molecule has 5 heteroatoms. The highest BCUT2D eigenvalue weighted by molar-refractivity contribution is 5.92. The number of H-pyrrole nitrogens is 1. The Balaban J connectivity index is 1.33. The fourth-order valence-electron chi connectivity index (χ4n) is 2.72. The number of para-hydroxylation sites is 1. The Hall–Kier alpha value is -2.30. The highest BCUT2D eigenvalue weighted by Gasteiger charge is 2.27. The Morgan fingerprint density at radius 2 is 2.24 bits per heavy atom. The average molecular weight is 283 g/mol. The van der Waals surface area contributed by atoms with Crippen LogP contribution < -0.4 is 10.1 Å². The first-order valence-corrected chi connectivity index (χ1v) is 7.37. The fourth-order valence-corrected chi connectivity index (χ4v) is 2.72. The molecule has 1 aromatic carbocycles. The molecule has 1 saturated carbocycles. The summed E-state index contributed by atoms with van der Waals surface area (Å²) in [6.45, 7) is 0.499. The van der Waals surface area contributed by atoms with Crippen molar-refractivity contribution in [3.8, 4) is 5.75 Å². The van der Waals surface area contributed by atoms with E-state index < -0.39 is 0 Å². The van der Waals surface area contributed by atoms with Gasteiger partial charge in [-0.25, -0.2) is 0 Å². The molecule has 0 spiro atoms. The van der Waals surface area contributed by atoms with Gasteiger partial charge >= 0.3 is 0 Å². The van der Waals surface area contributed by atoms with E-state index in [1.807, 2.05) is 24.3 Å². The van der Waals surface area contributed by atoms with Crippen molar-refractivity contribution < 1.29 is 9.53 Å². The number of amides is 1. The summed E-state index contributed by atoms with van der Waals surface area (Å²) in [6, 6.07) is 9.85. The largest absolute Gasteiger partial charge is 0.488 e. The van der Waals surface area contributed by atoms with Crippen molar-refractivity contribution in [3.63, 3.8) is 0 Å². The molecule has 1 aliphatic carbocycles. The summed E-state index contributed by atoms with van der Waals surface area (Å²) in [5.74, 6) is 1.36. The standard InChI is InChI=1S/C16H17N3O2/c20-16(14-8-13(18-19-14)10-5-6-10)17-9-12-7-11-3-1-2-4-15(11)21-12/h1-4,8,10,12H,5-7,9H2,(H,17,20)(H,18,19)/t12-/m1/s1. The molecule has 0 bridgehead atoms. The number of nitrogens with one attached hydrogen (secondary N) is 2. The van der Waals surface area contributed by atoms with E-state index in [0.29, 0.717) is 18.2 Å². The number of nitrogens with zero attached hydrogens (tertiary/aromatic N) is 1. The molecular weight excluding hydrogens is 266 g/mol. The van der Waals surface area contributed by atoms with Gasteiger partial charge in [0.25, 0.3) is 5.91 Å². The zero-order valence-corrected chi connectivity index (χ0v) is 11.6. The lowest BCUT2D eigenvalue weighted by molar-refractivity contribution is 0.0928. The summed E-state index contributed by atoms with van der Waals surface area (Å²) in [5, 5.41) is 9.93. The van der Waals surface area contributed by atoms with Gasteiger partial charge < -0.3 is 10.1 Å². The second-order valence-corrected chi connectivity index (χ2v) is 5.74. The third-order valence-corrected chi connectivity index (χ3v) is 4.05. The zero-order chi connectivity index (χ0) is 14.2. The topological polar surface area (TPSA) is 67.0 Å². The van der Waals surface area contributed by atoms with E-state index in [2.05, 4.69) is 21.6 Å². The minimum Gasteiger partial charge on any atom is -0.488 e. The summed E-state index contributed by atoms with van der Waals surface area (Å²) in [6.07, 6.45) is 3.23. The molecule has 2 aromatic rings. The number of rotatable bonds is 4. The molecule has 1 aromatic heterocycles. The molecular formula is C16H17N3O2. The van der Waals surface area contributed by atoms with Gasteiger partial charge in [0.2, 0.25) is 0 Å². The van der Waals surface area contributed by atoms with Crippen LogP contribution in [0, 0.1) is 0 Å². The summed E-state index contributed by atoms with van der Waals surface area (Å²) >= 11 is 0. The van der Waals surface area contributed by atoms with Gasteiger partial charge in [-0.3, -0.25) is 9.89 Å². The molecule has 0 saturated heterocycles. The number of aromatic nitrogens is 2. The lowest BCUT2D eigenvalue weighted by Gasteiger charge is -2.10. The van der Waals surface area contributed by atoms with Crippen LogP contribution in [-0.2, 0) is 6.42 Å². The molecule has 21 heavy (non-hydrogen) atoms. The smallest absolute Gasteiger partial charge is 0.271 e. The maximum absolute atomic E-state index is 12.1. The van der Waals surface area contributed by atoms with Gasteiger partial charge in [0.05, 0.1) is 6.54 Å². The SMILES string of the molecule is O=C(NC[C@H]1Cc2ccccc2O1)c1cc(C2CC2)[nH]n1. The van der Waals surface area contributed by atoms with Gasteiger partial charge in [-0.2, -0.15) is 5.10 Å². The van der Waals surface area contributed by atoms with E-state index in [0.717, 1.165) is 17.9 Å². The Kier molecular flexibility index (Phi) is 2.91. The second-order valence-electron chi connectivity index (χ2n) is 5.74. The lowest BCUT2D eigenvalue weighted by Crippen LogP contribution is -2.34. The van der Waals surface area contributed by atoms with Crippen molar-refractivity contribution in [2.24, 2.45) is 0 Å². The number of benzene rings is 1. The monoisotopic (exact) mass is 283 g/mol. The molecule has 5 nitrogen and oxygen atoms in total. The number of hydrogen-bond acceptors (Lipinski definition) is 3. The number of carbonyl (C=O) groups excluding carboxylic acids is 1. The van der Waals surface area contributed by atoms with Gasteiger partial charge in [-0.1, -0.05) is 18.2 Å². The van der Waals surface area contributed by atoms with Crippen molar-refractivity contribution in [2.45, 2.75) is 31.3 Å². The summed E-state index contributed by atoms with van der Waals surface area (Å²) in [5.41, 5.74) is 2.74. The van der Waals surface area contributed by atoms with E-state index in [-0.39, 0.29) is 12.0 Å². The first-order chi connectivity index (χ1) is 10.3. The molecule has 2 aliphatic rings. The van der Waals surface area contributed by atoms with E-state index >= 15 is 0 Å². The predicted molar refractivity (Wildman–Crippen MR) is 77.5 cm³/mol. The van der Waals surface area contributed by atoms with Crippen LogP contribution in [0.1, 0.15) is 40.5 Å². The molecule has 1 amide bonds. The van der Waals surface area contributed by atoms with Crippen LogP contribution in [0.5, 0.6) is 5.75 Å². The van der Waals surface area contributed by atoms with Crippen LogP contribution in [0.25, 0.3) is 0 Å². The first-order valence-electron chi connectivity index (χ1n) is 7.37. The van der Waals surface area contributed by atoms with E-state index in [4.69, 9.17) is 4.74 Å². The second kappa shape index (κ2) is 4.91. The first kappa shape index (κ1) is 12.4. The van der Waals surface area contributed by atoms with Crippen LogP contribution in [0.3, 0.4) is 0 Å². The fraction of sp³-hybridized carbons (Fsp3) is 0.375. The highest BCUT2D eigenvalue weighted by Crippen LogP contribution is 2.39. The van der Waals surface area contributed by atoms with Crippen LogP contribution >= 0.6 is 0 Å². The van der Waals surface area contributed by atoms with Crippen LogP contribution in [0.2, 0.25) is 0 Å². The number of ether oxygens (including phenoxy) is 1. The lowest BCUT2D eigenvalue weighted by atomic mass is 10.1. The normalized spacial score (nSPS) is 19.9. The zero-order valence-electron chi connectivity index (χ0n) is 11.6. The van der Waals surface area contributed by atoms with Crippen molar-refractivity contribution in [2.75, 3.05) is 6.54 Å². The molecule has 4 rings (SSSR count). The summed E-state index contributed by atoms with van der Waals surface area (Å²) in [4.78, 5) is 12.1. The maximum atomic E-state index is 12.1. The van der Waals surface area contributed by atoms with Gasteiger partial charge in [-0.15, -0.1) is 0 Å². The Labute approximate surface area is 122 Å². The van der Waals surface area contributed by atoms with Crippen molar-refractivity contribution in [1.82, 2.24) is 15.5 Å². The van der Waals surface area contributed by atoms with Crippen LogP contribution in [0.4, 0.5) is 0 Å². The summed E-state index contributed by atoms with van der Waals surface area (Å²) in [7, 11) is 0. The molecule has 2 N–H and O–H groups in total. The van der Waals surface area contributed by atoms with E-state index in [1.165, 1.54) is 18.4 Å². The van der Waals surface area contributed by atoms with Gasteiger partial charge in [0.1, 0.15) is 17.5 Å². The minimum absolute atomic E-state index is 0.00759. The minimum atomic E-state index is -0.141.